The van der Waals surface area contributed by atoms with Crippen molar-refractivity contribution in [3.05, 3.63) is 179 Å². The minimum atomic E-state index is -2.82. The first-order chi connectivity index (χ1) is 68.5. The monoisotopic (exact) mass is 2010 g/mol. The van der Waals surface area contributed by atoms with Crippen LogP contribution in [-0.2, 0) is 45.8 Å². The summed E-state index contributed by atoms with van der Waals surface area (Å²) < 4.78 is 82.0. The molecule has 145 heavy (non-hydrogen) atoms. The summed E-state index contributed by atoms with van der Waals surface area (Å²) in [5.41, 5.74) is 9.62. The van der Waals surface area contributed by atoms with Crippen molar-refractivity contribution < 1.29 is 46.0 Å². The fourth-order valence-electron chi connectivity index (χ4n) is 24.4. The van der Waals surface area contributed by atoms with Gasteiger partial charge >= 0.3 is 6.61 Å². The zero-order chi connectivity index (χ0) is 104. The van der Waals surface area contributed by atoms with Gasteiger partial charge in [-0.15, -0.1) is 0 Å². The first kappa shape index (κ1) is 111. The van der Waals surface area contributed by atoms with Gasteiger partial charge in [-0.3, -0.25) is 83.6 Å². The summed E-state index contributed by atoms with van der Waals surface area (Å²) in [5.74, 6) is 2.30. The van der Waals surface area contributed by atoms with Gasteiger partial charge in [-0.2, -0.15) is 8.78 Å². The number of ether oxygens (including phenoxy) is 6. The molecule has 14 atom stereocenters. The number of pyridine rings is 7. The molecule has 796 valence electrons. The molecule has 0 N–H and O–H groups in total. The van der Waals surface area contributed by atoms with Crippen molar-refractivity contribution in [1.82, 2.24) is 103 Å². The average Bonchev–Trinajstić information content (AvgIpc) is 1.11. The summed E-state index contributed by atoms with van der Waals surface area (Å²) in [7, 11) is 8.04. The summed E-state index contributed by atoms with van der Waals surface area (Å²) in [6, 6.07) is 29.0. The molecule has 0 aliphatic carbocycles. The van der Waals surface area contributed by atoms with Gasteiger partial charge in [-0.05, 0) is 243 Å². The molecule has 15 saturated heterocycles. The molecule has 32 heteroatoms. The van der Waals surface area contributed by atoms with Gasteiger partial charge in [0.15, 0.2) is 5.82 Å². The van der Waals surface area contributed by atoms with Crippen LogP contribution in [0.25, 0.3) is 4.85 Å². The molecule has 14 bridgehead atoms. The lowest BCUT2D eigenvalue weighted by Crippen LogP contribution is -2.70. The minimum absolute atomic E-state index is 0.0264. The van der Waals surface area contributed by atoms with E-state index >= 15 is 0 Å². The molecule has 0 saturated carbocycles. The first-order valence-corrected chi connectivity index (χ1v) is 53.1. The largest absolute Gasteiger partial charge is 0.497 e. The number of rotatable bonds is 21. The lowest BCUT2D eigenvalue weighted by atomic mass is 9.84. The van der Waals surface area contributed by atoms with Gasteiger partial charge in [0.25, 0.3) is 0 Å². The van der Waals surface area contributed by atoms with E-state index in [2.05, 4.69) is 277 Å². The van der Waals surface area contributed by atoms with Gasteiger partial charge < -0.3 is 28.4 Å². The van der Waals surface area contributed by atoms with Crippen LogP contribution in [0.3, 0.4) is 0 Å². The zero-order valence-corrected chi connectivity index (χ0v) is 91.9. The molecule has 0 amide bonds. The third-order valence-electron chi connectivity index (χ3n) is 32.9. The summed E-state index contributed by atoms with van der Waals surface area (Å²) >= 11 is 0. The van der Waals surface area contributed by atoms with Gasteiger partial charge in [0.2, 0.25) is 29.2 Å². The highest BCUT2D eigenvalue weighted by molar-refractivity contribution is 5.48. The molecule has 15 aliphatic rings. The van der Waals surface area contributed by atoms with E-state index < -0.39 is 6.61 Å². The Hall–Kier alpha value is -8.50. The SMILES string of the molecule is CC(C)(C)N1CC2CC(C1)N2Cc1ccc(OC(F)F)nc1.COc1ccc(CN2CC3CCC(C2)N3C(C)(C)C)cn1.COc1ccnc(CN2C3CC2CN(C(C)(C)C)C3)c1.COc1cncc(CN2C3CC2CN(C(C)(C)C)C3)c1.COc1ncc(CN2C3CC2CN(C(C)(C)C)C3)cc1F.COc1nccc(F)c1CN1C2CC1CN(C(C)(C)C)C2.[C-]#[N+]c1cccnc1CN1C2CC1CN(C(C)(C)C)C2. The highest BCUT2D eigenvalue weighted by atomic mass is 19.3. The molecular weight excluding hydrogens is 1840 g/mol. The molecule has 0 spiro atoms. The van der Waals surface area contributed by atoms with Crippen molar-refractivity contribution in [2.24, 2.45) is 0 Å². The highest BCUT2D eigenvalue weighted by Crippen LogP contribution is 2.45. The molecule has 15 fully saturated rings. The van der Waals surface area contributed by atoms with Crippen LogP contribution in [0.15, 0.2) is 116 Å². The van der Waals surface area contributed by atoms with Crippen molar-refractivity contribution in [3.63, 3.8) is 0 Å². The standard InChI is InChI=1S/C17H27N3O.C16H23F2N3O.2C16H24FN3O.C16H22N4.2C16H25N3O/c1-17(2,3)20-14-6-7-15(20)12-19(11-14)10-13-5-8-16(21-4)18-9-13;1-16(2,3)20-9-12-6-13(10-20)21(12)8-11-4-5-14(19-7-11)22-15(17)18;1-16(2,3)19-9-12-6-13(10-19)20(12)8-11-5-14(17)15(21-4)18-7-11;1-16(2,3)19-8-11-7-12(9-19)20(11)10-13-14(17)5-6-18-15(13)21-4;1-16(2,3)19-9-12-8-13(10-19)20(12)11-15-14(17-4)6-5-7-18-15;1-16(2,3)18-10-13-6-14(11-18)19(13)9-12-5-15(20-4)8-17-7-12;1-16(2,3)18-10-13-8-14(11-18)19(13)9-12-7-15(20-4)5-6-17-12/h5,8-9,14-15H,6-7,10-12H2,1-4H3;4-5,7,12-13,15H,6,8-10H2,1-3H3;5,7,12-13H,6,8-10H2,1-4H3;5-6,11-12H,7-10H2,1-4H3;5-7,12-13H,8-11H2,1-3H3;5,7-8,13-14H,6,9-11H2,1-4H3;5-7,13-14H,8-11H2,1-4H3. The molecule has 15 aliphatic heterocycles. The van der Waals surface area contributed by atoms with Gasteiger partial charge in [-0.1, -0.05) is 24.3 Å². The lowest BCUT2D eigenvalue weighted by molar-refractivity contribution is -0.100. The average molecular weight is 2010 g/mol. The normalized spacial score (nSPS) is 26.8. The Morgan fingerprint density at radius 3 is 1.12 bits per heavy atom. The number of hydrogen-bond acceptors (Lipinski definition) is 27. The predicted octanol–water partition coefficient (Wildman–Crippen LogP) is 16.8. The Labute approximate surface area is 863 Å². The second-order valence-electron chi connectivity index (χ2n) is 49.6. The molecule has 0 aromatic carbocycles. The third kappa shape index (κ3) is 27.5. The number of piperazine rings is 7. The van der Waals surface area contributed by atoms with E-state index in [4.69, 9.17) is 30.3 Å². The van der Waals surface area contributed by atoms with Crippen molar-refractivity contribution in [1.29, 1.82) is 0 Å². The number of alkyl halides is 2. The first-order valence-electron chi connectivity index (χ1n) is 53.1. The molecule has 7 aromatic heterocycles. The Morgan fingerprint density at radius 1 is 0.338 bits per heavy atom. The quantitative estimate of drug-likeness (QED) is 0.0486. The predicted molar refractivity (Wildman–Crippen MR) is 563 cm³/mol. The van der Waals surface area contributed by atoms with Crippen LogP contribution in [0.4, 0.5) is 23.2 Å². The van der Waals surface area contributed by atoms with Gasteiger partial charge in [0, 0.05) is 322 Å². The molecule has 14 unspecified atom stereocenters. The van der Waals surface area contributed by atoms with Gasteiger partial charge in [-0.25, -0.2) is 33.6 Å². The maximum atomic E-state index is 14.0. The van der Waals surface area contributed by atoms with Gasteiger partial charge in [0.05, 0.1) is 65.3 Å². The maximum Gasteiger partial charge on any atom is 0.388 e. The van der Waals surface area contributed by atoms with Crippen molar-refractivity contribution in [2.75, 3.05) is 127 Å². The summed E-state index contributed by atoms with van der Waals surface area (Å²) in [6.45, 7) is 74.4. The van der Waals surface area contributed by atoms with Crippen molar-refractivity contribution in [3.8, 4) is 35.0 Å². The summed E-state index contributed by atoms with van der Waals surface area (Å²) in [6.07, 6.45) is 24.5. The van der Waals surface area contributed by atoms with Crippen LogP contribution in [-0.4, -0.2) is 361 Å². The number of piperidine rings is 6. The zero-order valence-electron chi connectivity index (χ0n) is 91.9. The Balaban J connectivity index is 0.000000127. The van der Waals surface area contributed by atoms with E-state index in [1.54, 1.807) is 59.3 Å². The fraction of sp³-hybridized carbons (Fsp3) is 0.681. The number of fused-ring (bicyclic) bond motifs is 14. The number of methoxy groups -OCH3 is 5. The van der Waals surface area contributed by atoms with E-state index in [0.29, 0.717) is 113 Å². The topological polar surface area (TPSA) is 195 Å². The van der Waals surface area contributed by atoms with Crippen molar-refractivity contribution >= 4 is 5.69 Å². The third-order valence-corrected chi connectivity index (χ3v) is 32.9. The summed E-state index contributed by atoms with van der Waals surface area (Å²) in [4.78, 5) is 69.0. The Morgan fingerprint density at radius 2 is 0.731 bits per heavy atom. The second kappa shape index (κ2) is 46.1. The Kier molecular flexibility index (Phi) is 35.2. The van der Waals surface area contributed by atoms with E-state index in [9.17, 15) is 17.6 Å². The molecule has 0 radical (unpaired) electrons. The molecule has 28 nitrogen and oxygen atoms in total. The van der Waals surface area contributed by atoms with Crippen LogP contribution < -0.4 is 28.4 Å². The second-order valence-corrected chi connectivity index (χ2v) is 49.6. The van der Waals surface area contributed by atoms with E-state index in [1.165, 1.54) is 127 Å². The number of halogens is 4. The van der Waals surface area contributed by atoms with Crippen LogP contribution >= 0.6 is 0 Å². The van der Waals surface area contributed by atoms with Crippen LogP contribution in [0, 0.1) is 18.2 Å². The van der Waals surface area contributed by atoms with E-state index in [-0.39, 0.29) is 51.1 Å². The van der Waals surface area contributed by atoms with Crippen molar-refractivity contribution in [2.45, 2.75) is 373 Å². The Bertz CT molecular complexity index is 5230. The van der Waals surface area contributed by atoms with E-state index in [1.807, 2.05) is 48.9 Å². The molecular formula is C113H170F4N22O6. The lowest BCUT2D eigenvalue weighted by Gasteiger charge is -2.59. The number of likely N-dealkylation sites (tertiary alicyclic amines) is 11. The highest BCUT2D eigenvalue weighted by Gasteiger charge is 2.54. The van der Waals surface area contributed by atoms with Crippen LogP contribution in [0.1, 0.15) is 236 Å². The van der Waals surface area contributed by atoms with Crippen LogP contribution in [0.2, 0.25) is 0 Å². The van der Waals surface area contributed by atoms with Crippen LogP contribution in [0.5, 0.6) is 35.0 Å². The fourth-order valence-corrected chi connectivity index (χ4v) is 24.4. The van der Waals surface area contributed by atoms with Gasteiger partial charge in [0.1, 0.15) is 17.3 Å². The number of nitrogens with zero attached hydrogens (tertiary/aromatic N) is 22. The number of hydrogen-bond donors (Lipinski definition) is 0. The smallest absolute Gasteiger partial charge is 0.388 e. The minimum Gasteiger partial charge on any atom is -0.497 e. The molecule has 22 rings (SSSR count). The number of aromatic nitrogens is 7. The molecule has 7 aromatic rings. The van der Waals surface area contributed by atoms with E-state index in [0.717, 1.165) is 138 Å². The maximum absolute atomic E-state index is 14.0. The molecule has 22 heterocycles. The summed E-state index contributed by atoms with van der Waals surface area (Å²) in [5, 5.41) is 0.